The smallest absolute Gasteiger partial charge is 0.273 e. The zero-order valence-corrected chi connectivity index (χ0v) is 15.1. The van der Waals surface area contributed by atoms with Crippen LogP contribution in [0.5, 0.6) is 0 Å². The highest BCUT2D eigenvalue weighted by atomic mass is 79.9. The van der Waals surface area contributed by atoms with Crippen molar-refractivity contribution < 1.29 is 14.1 Å². The van der Waals surface area contributed by atoms with Gasteiger partial charge >= 0.3 is 0 Å². The van der Waals surface area contributed by atoms with Gasteiger partial charge in [-0.1, -0.05) is 19.0 Å². The van der Waals surface area contributed by atoms with E-state index < -0.39 is 0 Å². The maximum atomic E-state index is 12.5. The number of halogens is 1. The Morgan fingerprint density at radius 1 is 1.54 bits per heavy atom. The summed E-state index contributed by atoms with van der Waals surface area (Å²) in [6.07, 6.45) is 4.77. The second-order valence-corrected chi connectivity index (χ2v) is 7.97. The quantitative estimate of drug-likeness (QED) is 0.859. The van der Waals surface area contributed by atoms with Crippen LogP contribution in [0, 0.1) is 11.3 Å². The van der Waals surface area contributed by atoms with Crippen molar-refractivity contribution in [2.45, 2.75) is 39.0 Å². The predicted molar refractivity (Wildman–Crippen MR) is 88.4 cm³/mol. The molecule has 1 amide bonds. The fraction of sp³-hybridized carbons (Fsp3) is 0.562. The summed E-state index contributed by atoms with van der Waals surface area (Å²) in [5.41, 5.74) is 0.249. The zero-order valence-electron chi connectivity index (χ0n) is 13.5. The summed E-state index contributed by atoms with van der Waals surface area (Å²) < 4.78 is 13.6. The van der Waals surface area contributed by atoms with E-state index in [0.717, 1.165) is 17.5 Å². The van der Waals surface area contributed by atoms with E-state index in [1.165, 1.54) is 0 Å². The first kappa shape index (κ1) is 15.8. The average Bonchev–Trinajstić information content (AvgIpc) is 3.25. The lowest BCUT2D eigenvalue weighted by atomic mass is 9.57. The van der Waals surface area contributed by atoms with Gasteiger partial charge in [0.05, 0.1) is 16.8 Å². The number of ether oxygens (including phenoxy) is 1. The molecule has 1 aliphatic carbocycles. The lowest BCUT2D eigenvalue weighted by Crippen LogP contribution is -2.66. The van der Waals surface area contributed by atoms with Crippen LogP contribution in [0.4, 0.5) is 0 Å². The van der Waals surface area contributed by atoms with Gasteiger partial charge < -0.3 is 14.6 Å². The fourth-order valence-electron chi connectivity index (χ4n) is 3.91. The number of rotatable bonds is 4. The molecule has 7 nitrogen and oxygen atoms in total. The number of carbonyl (C=O) groups is 1. The number of fused-ring (bicyclic) bond motifs is 1. The topological polar surface area (TPSA) is 82.2 Å². The van der Waals surface area contributed by atoms with Crippen molar-refractivity contribution >= 4 is 21.8 Å². The van der Waals surface area contributed by atoms with Gasteiger partial charge in [0.25, 0.3) is 5.91 Å². The van der Waals surface area contributed by atoms with Crippen LogP contribution in [-0.4, -0.2) is 39.6 Å². The van der Waals surface area contributed by atoms with E-state index in [4.69, 9.17) is 9.26 Å². The molecule has 1 aliphatic heterocycles. The Labute approximate surface area is 147 Å². The molecule has 4 rings (SSSR count). The third-order valence-electron chi connectivity index (χ3n) is 5.10. The molecular formula is C16H19BrN4O3. The molecule has 128 valence electrons. The first-order valence-electron chi connectivity index (χ1n) is 8.01. The Bertz CT molecular complexity index is 769. The highest BCUT2D eigenvalue weighted by Gasteiger charge is 2.59. The molecule has 2 fully saturated rings. The van der Waals surface area contributed by atoms with Gasteiger partial charge in [-0.2, -0.15) is 5.10 Å². The lowest BCUT2D eigenvalue weighted by Gasteiger charge is -2.54. The highest BCUT2D eigenvalue weighted by molar-refractivity contribution is 9.10. The Morgan fingerprint density at radius 2 is 2.38 bits per heavy atom. The molecule has 2 aliphatic rings. The molecule has 0 aromatic carbocycles. The summed E-state index contributed by atoms with van der Waals surface area (Å²) in [6.45, 7) is 5.47. The van der Waals surface area contributed by atoms with Gasteiger partial charge in [0.15, 0.2) is 11.5 Å². The Balaban J connectivity index is 1.42. The van der Waals surface area contributed by atoms with Crippen LogP contribution in [0.3, 0.4) is 0 Å². The Kier molecular flexibility index (Phi) is 3.76. The van der Waals surface area contributed by atoms with E-state index in [-0.39, 0.29) is 23.5 Å². The molecule has 1 saturated heterocycles. The summed E-state index contributed by atoms with van der Waals surface area (Å²) in [5, 5.41) is 11.2. The van der Waals surface area contributed by atoms with Gasteiger partial charge in [-0.25, -0.2) is 0 Å². The van der Waals surface area contributed by atoms with Crippen molar-refractivity contribution in [3.8, 4) is 0 Å². The standard InChI is InChI=1S/C16H19BrN4O3/c1-16(2)13(11-3-4-23-14(11)16)19-15(22)12-5-10(24-20-12)8-21-7-9(17)6-18-21/h5-7,11,13-14H,3-4,8H2,1-2H3,(H,19,22)/t11-,13+,14+/m0/s1. The minimum atomic E-state index is -0.199. The Hall–Kier alpha value is -1.67. The van der Waals surface area contributed by atoms with Crippen LogP contribution in [0.25, 0.3) is 0 Å². The Morgan fingerprint density at radius 3 is 3.12 bits per heavy atom. The molecule has 2 aromatic rings. The normalized spacial score (nSPS) is 27.5. The summed E-state index contributed by atoms with van der Waals surface area (Å²) in [7, 11) is 0. The second kappa shape index (κ2) is 5.70. The minimum absolute atomic E-state index is 0.0509. The van der Waals surface area contributed by atoms with E-state index in [1.54, 1.807) is 16.9 Å². The van der Waals surface area contributed by atoms with E-state index >= 15 is 0 Å². The van der Waals surface area contributed by atoms with Crippen LogP contribution in [0.2, 0.25) is 0 Å². The fourth-order valence-corrected chi connectivity index (χ4v) is 4.24. The molecule has 24 heavy (non-hydrogen) atoms. The third-order valence-corrected chi connectivity index (χ3v) is 5.51. The van der Waals surface area contributed by atoms with Crippen LogP contribution >= 0.6 is 15.9 Å². The molecule has 1 N–H and O–H groups in total. The van der Waals surface area contributed by atoms with Crippen LogP contribution in [0.15, 0.2) is 27.5 Å². The number of hydrogen-bond donors (Lipinski definition) is 1. The first-order chi connectivity index (χ1) is 11.4. The van der Waals surface area contributed by atoms with Crippen molar-refractivity contribution in [2.75, 3.05) is 6.61 Å². The molecule has 0 unspecified atom stereocenters. The van der Waals surface area contributed by atoms with E-state index in [1.807, 2.05) is 6.20 Å². The maximum absolute atomic E-state index is 12.5. The maximum Gasteiger partial charge on any atom is 0.273 e. The van der Waals surface area contributed by atoms with Crippen LogP contribution in [0.1, 0.15) is 36.5 Å². The SMILES string of the molecule is CC1(C)[C@H](NC(=O)c2cc(Cn3cc(Br)cn3)on2)[C@@H]2CCO[C@H]21. The number of amides is 1. The highest BCUT2D eigenvalue weighted by Crippen LogP contribution is 2.52. The van der Waals surface area contributed by atoms with Gasteiger partial charge in [-0.15, -0.1) is 0 Å². The van der Waals surface area contributed by atoms with Gasteiger partial charge in [0.1, 0.15) is 6.54 Å². The zero-order chi connectivity index (χ0) is 16.9. The van der Waals surface area contributed by atoms with Crippen molar-refractivity contribution in [1.82, 2.24) is 20.3 Å². The van der Waals surface area contributed by atoms with Gasteiger partial charge in [-0.05, 0) is 22.4 Å². The van der Waals surface area contributed by atoms with E-state index in [9.17, 15) is 4.79 Å². The largest absolute Gasteiger partial charge is 0.377 e. The summed E-state index contributed by atoms with van der Waals surface area (Å²) in [4.78, 5) is 12.5. The monoisotopic (exact) mass is 394 g/mol. The summed E-state index contributed by atoms with van der Waals surface area (Å²) >= 11 is 3.34. The molecule has 3 heterocycles. The molecule has 0 bridgehead atoms. The lowest BCUT2D eigenvalue weighted by molar-refractivity contribution is -0.108. The average molecular weight is 395 g/mol. The number of nitrogens with zero attached hydrogens (tertiary/aromatic N) is 3. The minimum Gasteiger partial charge on any atom is -0.377 e. The third kappa shape index (κ3) is 2.57. The van der Waals surface area contributed by atoms with Crippen molar-refractivity contribution in [1.29, 1.82) is 0 Å². The van der Waals surface area contributed by atoms with Crippen molar-refractivity contribution in [3.63, 3.8) is 0 Å². The van der Waals surface area contributed by atoms with Gasteiger partial charge in [0, 0.05) is 36.2 Å². The molecule has 3 atom stereocenters. The van der Waals surface area contributed by atoms with Gasteiger partial charge in [-0.3, -0.25) is 9.48 Å². The van der Waals surface area contributed by atoms with Crippen molar-refractivity contribution in [2.24, 2.45) is 11.3 Å². The number of aromatic nitrogens is 3. The number of carbonyl (C=O) groups excluding carboxylic acids is 1. The van der Waals surface area contributed by atoms with E-state index in [0.29, 0.717) is 23.9 Å². The molecular weight excluding hydrogens is 376 g/mol. The second-order valence-electron chi connectivity index (χ2n) is 7.05. The molecule has 2 aromatic heterocycles. The molecule has 0 spiro atoms. The number of nitrogens with one attached hydrogen (secondary N) is 1. The van der Waals surface area contributed by atoms with E-state index in [2.05, 4.69) is 45.3 Å². The molecule has 0 radical (unpaired) electrons. The van der Waals surface area contributed by atoms with Crippen LogP contribution in [-0.2, 0) is 11.3 Å². The molecule has 1 saturated carbocycles. The first-order valence-corrected chi connectivity index (χ1v) is 8.80. The summed E-state index contributed by atoms with van der Waals surface area (Å²) in [6, 6.07) is 1.78. The van der Waals surface area contributed by atoms with Crippen molar-refractivity contribution in [3.05, 3.63) is 34.4 Å². The predicted octanol–water partition coefficient (Wildman–Crippen LogP) is 2.23. The van der Waals surface area contributed by atoms with Crippen LogP contribution < -0.4 is 5.32 Å². The number of hydrogen-bond acceptors (Lipinski definition) is 5. The van der Waals surface area contributed by atoms with Gasteiger partial charge in [0.2, 0.25) is 0 Å². The summed E-state index contributed by atoms with van der Waals surface area (Å²) in [5.74, 6) is 0.789. The molecule has 8 heteroatoms.